The van der Waals surface area contributed by atoms with Crippen LogP contribution in [0.15, 0.2) is 0 Å². The Labute approximate surface area is 168 Å². The molecule has 0 amide bonds. The van der Waals surface area contributed by atoms with Crippen LogP contribution in [0.4, 0.5) is 0 Å². The molecule has 8 nitrogen and oxygen atoms in total. The van der Waals surface area contributed by atoms with Crippen LogP contribution in [-0.4, -0.2) is 116 Å². The van der Waals surface area contributed by atoms with Crippen LogP contribution in [0.5, 0.6) is 0 Å². The first-order valence-electron chi connectivity index (χ1n) is 11.4. The minimum atomic E-state index is -0.606. The van der Waals surface area contributed by atoms with Crippen molar-refractivity contribution >= 4 is 0 Å². The fourth-order valence-electron chi connectivity index (χ4n) is 5.53. The fourth-order valence-corrected chi connectivity index (χ4v) is 5.53. The van der Waals surface area contributed by atoms with Crippen molar-refractivity contribution in [1.29, 1.82) is 0 Å². The lowest BCUT2D eigenvalue weighted by Gasteiger charge is -2.42. The summed E-state index contributed by atoms with van der Waals surface area (Å²) in [7, 11) is 0. The zero-order valence-electron chi connectivity index (χ0n) is 17.1. The Kier molecular flexibility index (Phi) is 7.57. The first-order valence-corrected chi connectivity index (χ1v) is 11.4. The number of quaternary nitrogens is 2. The lowest BCUT2D eigenvalue weighted by Crippen LogP contribution is -2.95. The number of rotatable bonds is 6. The summed E-state index contributed by atoms with van der Waals surface area (Å²) in [6.07, 6.45) is 5.71. The Balaban J connectivity index is 1.32. The Morgan fingerprint density at radius 1 is 0.964 bits per heavy atom. The molecule has 5 atom stereocenters. The molecule has 4 aliphatic heterocycles. The standard InChI is InChI=1S/C20H38N4O4/c25-14-17-20(26)19(16(28-17)13-22-15-4-11-27-12-5-15)24-9-7-23(8-10-24)18-3-1-2-6-21-18/h15-22,25-26H,1-14H2/p+2. The van der Waals surface area contributed by atoms with E-state index in [9.17, 15) is 10.2 Å². The molecule has 0 radical (unpaired) electrons. The van der Waals surface area contributed by atoms with Crippen LogP contribution in [0, 0.1) is 0 Å². The van der Waals surface area contributed by atoms with Gasteiger partial charge >= 0.3 is 0 Å². The molecule has 6 N–H and O–H groups in total. The molecule has 4 fully saturated rings. The number of aliphatic hydroxyl groups is 2. The minimum absolute atomic E-state index is 0.00859. The number of ether oxygens (including phenoxy) is 2. The zero-order chi connectivity index (χ0) is 19.3. The van der Waals surface area contributed by atoms with Crippen molar-refractivity contribution < 1.29 is 30.3 Å². The van der Waals surface area contributed by atoms with Crippen molar-refractivity contribution in [1.82, 2.24) is 9.80 Å². The molecule has 0 aromatic carbocycles. The van der Waals surface area contributed by atoms with E-state index < -0.39 is 12.2 Å². The van der Waals surface area contributed by atoms with Crippen LogP contribution < -0.4 is 10.6 Å². The maximum atomic E-state index is 10.8. The topological polar surface area (TPSA) is 98.6 Å². The lowest BCUT2D eigenvalue weighted by molar-refractivity contribution is -0.717. The largest absolute Gasteiger partial charge is 0.394 e. The van der Waals surface area contributed by atoms with E-state index in [1.54, 1.807) is 0 Å². The predicted octanol–water partition coefficient (Wildman–Crippen LogP) is -3.09. The van der Waals surface area contributed by atoms with Crippen molar-refractivity contribution in [3.05, 3.63) is 0 Å². The second kappa shape index (κ2) is 10.1. The summed E-state index contributed by atoms with van der Waals surface area (Å²) in [6.45, 7) is 7.75. The number of hydrogen-bond acceptors (Lipinski definition) is 6. The second-order valence-corrected chi connectivity index (χ2v) is 8.96. The number of aliphatic hydroxyl groups excluding tert-OH is 2. The summed E-state index contributed by atoms with van der Waals surface area (Å²) in [5, 5.41) is 25.4. The molecule has 5 unspecified atom stereocenters. The first-order chi connectivity index (χ1) is 13.8. The van der Waals surface area contributed by atoms with Crippen molar-refractivity contribution in [3.8, 4) is 0 Å². The van der Waals surface area contributed by atoms with Gasteiger partial charge in [0.25, 0.3) is 0 Å². The van der Waals surface area contributed by atoms with Gasteiger partial charge in [-0.2, -0.15) is 0 Å². The van der Waals surface area contributed by atoms with Gasteiger partial charge in [-0.05, 0) is 12.8 Å². The van der Waals surface area contributed by atoms with Crippen LogP contribution in [0.2, 0.25) is 0 Å². The van der Waals surface area contributed by atoms with Crippen molar-refractivity contribution in [2.75, 3.05) is 59.1 Å². The number of piperazine rings is 1. The highest BCUT2D eigenvalue weighted by atomic mass is 16.5. The van der Waals surface area contributed by atoms with Gasteiger partial charge in [0.15, 0.2) is 0 Å². The van der Waals surface area contributed by atoms with Crippen molar-refractivity contribution in [3.63, 3.8) is 0 Å². The molecule has 4 rings (SSSR count). The zero-order valence-corrected chi connectivity index (χ0v) is 17.1. The molecule has 28 heavy (non-hydrogen) atoms. The number of piperidine rings is 1. The first kappa shape index (κ1) is 20.9. The molecule has 4 saturated heterocycles. The summed E-state index contributed by atoms with van der Waals surface area (Å²) < 4.78 is 11.6. The fraction of sp³-hybridized carbons (Fsp3) is 1.00. The molecule has 0 aliphatic carbocycles. The molecule has 4 aliphatic rings. The Bertz CT molecular complexity index is 465. The third-order valence-electron chi connectivity index (χ3n) is 7.24. The van der Waals surface area contributed by atoms with Gasteiger partial charge in [-0.15, -0.1) is 0 Å². The SMILES string of the molecule is OCC1OC(C[NH2+]C2CCOCC2)C(N2CCN(C3CCCC[NH2+]3)CC2)C1O. The van der Waals surface area contributed by atoms with Crippen LogP contribution in [0.1, 0.15) is 32.1 Å². The smallest absolute Gasteiger partial charge is 0.142 e. The predicted molar refractivity (Wildman–Crippen MR) is 104 cm³/mol. The Morgan fingerprint density at radius 3 is 2.39 bits per heavy atom. The average Bonchev–Trinajstić information content (AvgIpc) is 3.09. The minimum Gasteiger partial charge on any atom is -0.394 e. The number of nitrogens with two attached hydrogens (primary N) is 2. The third-order valence-corrected chi connectivity index (χ3v) is 7.24. The van der Waals surface area contributed by atoms with Crippen LogP contribution in [-0.2, 0) is 9.47 Å². The van der Waals surface area contributed by atoms with Gasteiger partial charge in [0.2, 0.25) is 0 Å². The molecule has 162 valence electrons. The lowest BCUT2D eigenvalue weighted by atomic mass is 10.0. The quantitative estimate of drug-likeness (QED) is 0.377. The van der Waals surface area contributed by atoms with Gasteiger partial charge in [-0.1, -0.05) is 0 Å². The maximum absolute atomic E-state index is 10.8. The third kappa shape index (κ3) is 4.87. The van der Waals surface area contributed by atoms with Crippen LogP contribution in [0.3, 0.4) is 0 Å². The van der Waals surface area contributed by atoms with E-state index in [0.29, 0.717) is 12.2 Å². The highest BCUT2D eigenvalue weighted by Gasteiger charge is 2.48. The van der Waals surface area contributed by atoms with Crippen LogP contribution in [0.25, 0.3) is 0 Å². The van der Waals surface area contributed by atoms with Gasteiger partial charge in [0, 0.05) is 45.4 Å². The summed E-state index contributed by atoms with van der Waals surface area (Å²) >= 11 is 0. The molecule has 0 saturated carbocycles. The van der Waals surface area contributed by atoms with Gasteiger partial charge in [-0.25, -0.2) is 0 Å². The van der Waals surface area contributed by atoms with Crippen molar-refractivity contribution in [2.45, 2.75) is 68.7 Å². The molecular weight excluding hydrogens is 360 g/mol. The van der Waals surface area contributed by atoms with E-state index in [4.69, 9.17) is 9.47 Å². The van der Waals surface area contributed by atoms with Crippen molar-refractivity contribution in [2.24, 2.45) is 0 Å². The average molecular weight is 401 g/mol. The summed E-state index contributed by atoms with van der Waals surface area (Å²) in [4.78, 5) is 5.03. The summed E-state index contributed by atoms with van der Waals surface area (Å²) in [6, 6.07) is 0.577. The van der Waals surface area contributed by atoms with Gasteiger partial charge in [-0.3, -0.25) is 9.80 Å². The van der Waals surface area contributed by atoms with Gasteiger partial charge < -0.3 is 30.3 Å². The van der Waals surface area contributed by atoms with E-state index in [1.807, 2.05) is 0 Å². The molecule has 0 spiro atoms. The van der Waals surface area contributed by atoms with E-state index in [1.165, 1.54) is 25.8 Å². The highest BCUT2D eigenvalue weighted by molar-refractivity contribution is 4.98. The molecule has 0 aromatic rings. The molecular formula is C20H40N4O4+2. The Hall–Kier alpha value is -0.320. The van der Waals surface area contributed by atoms with E-state index >= 15 is 0 Å². The number of nitrogens with zero attached hydrogens (tertiary/aromatic N) is 2. The second-order valence-electron chi connectivity index (χ2n) is 8.96. The monoisotopic (exact) mass is 400 g/mol. The molecule has 0 bridgehead atoms. The normalized spacial score (nSPS) is 39.4. The van der Waals surface area contributed by atoms with Crippen LogP contribution >= 0.6 is 0 Å². The summed E-state index contributed by atoms with van der Waals surface area (Å²) in [5.41, 5.74) is 0. The van der Waals surface area contributed by atoms with E-state index in [-0.39, 0.29) is 18.8 Å². The Morgan fingerprint density at radius 2 is 1.71 bits per heavy atom. The molecule has 0 aromatic heterocycles. The van der Waals surface area contributed by atoms with E-state index in [0.717, 1.165) is 58.8 Å². The molecule has 4 heterocycles. The van der Waals surface area contributed by atoms with Gasteiger partial charge in [0.05, 0.1) is 38.4 Å². The van der Waals surface area contributed by atoms with Gasteiger partial charge in [0.1, 0.15) is 31.0 Å². The summed E-state index contributed by atoms with van der Waals surface area (Å²) in [5.74, 6) is 0. The van der Waals surface area contributed by atoms with E-state index in [2.05, 4.69) is 20.4 Å². The highest BCUT2D eigenvalue weighted by Crippen LogP contribution is 2.26. The maximum Gasteiger partial charge on any atom is 0.142 e. The molecule has 8 heteroatoms. The number of hydrogen-bond donors (Lipinski definition) is 4.